The zero-order valence-electron chi connectivity index (χ0n) is 35.8. The zero-order chi connectivity index (χ0) is 40.4. The van der Waals surface area contributed by atoms with Crippen molar-refractivity contribution in [3.8, 4) is 0 Å². The Bertz CT molecular complexity index is 787. The maximum Gasteiger partial charge on any atom is 0.305 e. The Labute approximate surface area is 335 Å². The van der Waals surface area contributed by atoms with E-state index >= 15 is 0 Å². The highest BCUT2D eigenvalue weighted by Crippen LogP contribution is 2.36. The summed E-state index contributed by atoms with van der Waals surface area (Å²) in [7, 11) is -1.70. The first-order chi connectivity index (χ1) is 26.7. The highest BCUT2D eigenvalue weighted by molar-refractivity contribution is 6.74. The standard InChI is InChI=1S/C40H82O14Si/c1-7-8-9-10-11-12-13-14-39(41)53-37-35-51-33-31-49-29-27-47-25-23-45-21-19-43-17-15-42-16-18-44-20-22-46-24-26-48-28-30-50-32-34-52-36-38-54-55(5,6)40(2,3)4/h7-38H2,1-6H3. The largest absolute Gasteiger partial charge is 0.463 e. The summed E-state index contributed by atoms with van der Waals surface area (Å²) in [5.41, 5.74) is 0. The maximum absolute atomic E-state index is 11.7. The Hall–Kier alpha value is -0.793. The van der Waals surface area contributed by atoms with Gasteiger partial charge in [0, 0.05) is 6.42 Å². The molecule has 0 radical (unpaired) electrons. The minimum absolute atomic E-state index is 0.141. The number of carbonyl (C=O) groups is 1. The second-order valence-corrected chi connectivity index (χ2v) is 19.2. The number of unbranched alkanes of at least 4 members (excludes halogenated alkanes) is 6. The second-order valence-electron chi connectivity index (χ2n) is 14.4. The van der Waals surface area contributed by atoms with Crippen LogP contribution in [0.5, 0.6) is 0 Å². The van der Waals surface area contributed by atoms with Gasteiger partial charge in [-0.05, 0) is 24.6 Å². The number of hydrogen-bond acceptors (Lipinski definition) is 14. The Morgan fingerprint density at radius 2 is 0.636 bits per heavy atom. The molecular formula is C40H82O14Si. The second kappa shape index (κ2) is 41.4. The molecule has 0 spiro atoms. The molecule has 0 aliphatic rings. The lowest BCUT2D eigenvalue weighted by atomic mass is 10.1. The predicted octanol–water partition coefficient (Wildman–Crippen LogP) is 5.87. The van der Waals surface area contributed by atoms with Crippen LogP contribution in [0.15, 0.2) is 0 Å². The monoisotopic (exact) mass is 815 g/mol. The molecule has 15 heteroatoms. The summed E-state index contributed by atoms with van der Waals surface area (Å²) in [4.78, 5) is 11.7. The number of ether oxygens (including phenoxy) is 12. The topological polar surface area (TPSA) is 137 Å². The predicted molar refractivity (Wildman–Crippen MR) is 216 cm³/mol. The molecule has 0 saturated carbocycles. The van der Waals surface area contributed by atoms with Crippen molar-refractivity contribution in [1.29, 1.82) is 0 Å². The van der Waals surface area contributed by atoms with Crippen LogP contribution in [-0.2, 0) is 66.1 Å². The van der Waals surface area contributed by atoms with Crippen LogP contribution in [0, 0.1) is 0 Å². The van der Waals surface area contributed by atoms with Crippen molar-refractivity contribution in [2.24, 2.45) is 0 Å². The van der Waals surface area contributed by atoms with Gasteiger partial charge in [-0.1, -0.05) is 66.2 Å². The first kappa shape index (κ1) is 54.2. The van der Waals surface area contributed by atoms with Crippen molar-refractivity contribution in [2.75, 3.05) is 159 Å². The summed E-state index contributed by atoms with van der Waals surface area (Å²) >= 11 is 0. The molecule has 0 aromatic rings. The van der Waals surface area contributed by atoms with E-state index in [2.05, 4.69) is 40.8 Å². The van der Waals surface area contributed by atoms with E-state index in [9.17, 15) is 4.79 Å². The third kappa shape index (κ3) is 41.2. The first-order valence-corrected chi connectivity index (χ1v) is 23.8. The molecule has 0 aliphatic carbocycles. The van der Waals surface area contributed by atoms with Gasteiger partial charge in [-0.2, -0.15) is 0 Å². The fourth-order valence-electron chi connectivity index (χ4n) is 4.39. The molecular weight excluding hydrogens is 733 g/mol. The van der Waals surface area contributed by atoms with Gasteiger partial charge in [0.05, 0.1) is 152 Å². The van der Waals surface area contributed by atoms with Crippen molar-refractivity contribution >= 4 is 14.3 Å². The average Bonchev–Trinajstić information content (AvgIpc) is 3.15. The van der Waals surface area contributed by atoms with Gasteiger partial charge < -0.3 is 61.3 Å². The summed E-state index contributed by atoms with van der Waals surface area (Å²) in [6, 6.07) is 0. The van der Waals surface area contributed by atoms with Gasteiger partial charge in [-0.3, -0.25) is 4.79 Å². The molecule has 0 amide bonds. The lowest BCUT2D eigenvalue weighted by molar-refractivity contribution is -0.145. The highest BCUT2D eigenvalue weighted by Gasteiger charge is 2.36. The highest BCUT2D eigenvalue weighted by atomic mass is 28.4. The van der Waals surface area contributed by atoms with Gasteiger partial charge in [-0.25, -0.2) is 0 Å². The maximum atomic E-state index is 11.7. The number of esters is 1. The van der Waals surface area contributed by atoms with Crippen LogP contribution in [0.2, 0.25) is 18.1 Å². The van der Waals surface area contributed by atoms with Gasteiger partial charge in [0.2, 0.25) is 0 Å². The van der Waals surface area contributed by atoms with Gasteiger partial charge in [0.1, 0.15) is 6.61 Å². The summed E-state index contributed by atoms with van der Waals surface area (Å²) in [5, 5.41) is 0.213. The molecule has 14 nitrogen and oxygen atoms in total. The molecule has 0 aliphatic heterocycles. The van der Waals surface area contributed by atoms with Crippen molar-refractivity contribution < 1.29 is 66.1 Å². The molecule has 0 rings (SSSR count). The van der Waals surface area contributed by atoms with E-state index in [0.717, 1.165) is 12.8 Å². The molecule has 0 heterocycles. The van der Waals surface area contributed by atoms with Gasteiger partial charge in [0.15, 0.2) is 8.32 Å². The fraction of sp³-hybridized carbons (Fsp3) is 0.975. The normalized spacial score (nSPS) is 12.2. The third-order valence-corrected chi connectivity index (χ3v) is 13.2. The van der Waals surface area contributed by atoms with Crippen molar-refractivity contribution in [2.45, 2.75) is 97.2 Å². The smallest absolute Gasteiger partial charge is 0.305 e. The van der Waals surface area contributed by atoms with Crippen LogP contribution >= 0.6 is 0 Å². The Balaban J connectivity index is 3.15. The van der Waals surface area contributed by atoms with Gasteiger partial charge in [0.25, 0.3) is 0 Å². The SMILES string of the molecule is CCCCCCCCCC(=O)OCCOCCOCCOCCOCCOCCOCCOCCOCCOCCOCCOCCO[Si](C)(C)C(C)(C)C. The number of hydrogen-bond donors (Lipinski definition) is 0. The first-order valence-electron chi connectivity index (χ1n) is 20.9. The lowest BCUT2D eigenvalue weighted by Gasteiger charge is -2.36. The molecule has 0 saturated heterocycles. The van der Waals surface area contributed by atoms with Crippen molar-refractivity contribution in [3.05, 3.63) is 0 Å². The summed E-state index contributed by atoms with van der Waals surface area (Å²) in [6.45, 7) is 25.4. The van der Waals surface area contributed by atoms with E-state index < -0.39 is 8.32 Å². The van der Waals surface area contributed by atoms with Crippen molar-refractivity contribution in [1.82, 2.24) is 0 Å². The van der Waals surface area contributed by atoms with Crippen LogP contribution in [-0.4, -0.2) is 173 Å². The molecule has 0 N–H and O–H groups in total. The van der Waals surface area contributed by atoms with E-state index in [4.69, 9.17) is 61.3 Å². The van der Waals surface area contributed by atoms with E-state index in [0.29, 0.717) is 158 Å². The van der Waals surface area contributed by atoms with Crippen LogP contribution in [0.1, 0.15) is 79.1 Å². The average molecular weight is 815 g/mol. The lowest BCUT2D eigenvalue weighted by Crippen LogP contribution is -2.41. The van der Waals surface area contributed by atoms with Crippen LogP contribution in [0.4, 0.5) is 0 Å². The molecule has 0 bridgehead atoms. The minimum Gasteiger partial charge on any atom is -0.463 e. The fourth-order valence-corrected chi connectivity index (χ4v) is 5.41. The van der Waals surface area contributed by atoms with Crippen LogP contribution in [0.3, 0.4) is 0 Å². The van der Waals surface area contributed by atoms with Gasteiger partial charge in [-0.15, -0.1) is 0 Å². The summed E-state index contributed by atoms with van der Waals surface area (Å²) in [6.07, 6.45) is 8.79. The molecule has 0 atom stereocenters. The van der Waals surface area contributed by atoms with E-state index in [1.54, 1.807) is 0 Å². The molecule has 55 heavy (non-hydrogen) atoms. The Morgan fingerprint density at radius 3 is 0.927 bits per heavy atom. The quantitative estimate of drug-likeness (QED) is 0.0412. The Kier molecular flexibility index (Phi) is 40.8. The molecule has 0 unspecified atom stereocenters. The van der Waals surface area contributed by atoms with Crippen LogP contribution in [0.25, 0.3) is 0 Å². The third-order valence-electron chi connectivity index (χ3n) is 8.69. The minimum atomic E-state index is -1.70. The van der Waals surface area contributed by atoms with Gasteiger partial charge >= 0.3 is 5.97 Å². The Morgan fingerprint density at radius 1 is 0.382 bits per heavy atom. The van der Waals surface area contributed by atoms with E-state index in [1.165, 1.54) is 32.1 Å². The molecule has 330 valence electrons. The molecule has 0 aromatic heterocycles. The van der Waals surface area contributed by atoms with Crippen molar-refractivity contribution in [3.63, 3.8) is 0 Å². The van der Waals surface area contributed by atoms with Crippen LogP contribution < -0.4 is 0 Å². The number of carbonyl (C=O) groups excluding carboxylic acids is 1. The summed E-state index contributed by atoms with van der Waals surface area (Å²) < 4.78 is 71.8. The van der Waals surface area contributed by atoms with E-state index in [-0.39, 0.29) is 17.6 Å². The number of rotatable bonds is 45. The molecule has 0 aromatic carbocycles. The zero-order valence-corrected chi connectivity index (χ0v) is 36.8. The van der Waals surface area contributed by atoms with E-state index in [1.807, 2.05) is 0 Å². The summed E-state index contributed by atoms with van der Waals surface area (Å²) in [5.74, 6) is -0.141. The molecule has 0 fully saturated rings.